The van der Waals surface area contributed by atoms with Crippen LogP contribution >= 0.6 is 0 Å². The lowest BCUT2D eigenvalue weighted by molar-refractivity contribution is -0.144. The van der Waals surface area contributed by atoms with Gasteiger partial charge in [-0.05, 0) is 31.3 Å². The predicted molar refractivity (Wildman–Crippen MR) is 89.3 cm³/mol. The van der Waals surface area contributed by atoms with Crippen molar-refractivity contribution < 1.29 is 9.53 Å². The van der Waals surface area contributed by atoms with Gasteiger partial charge in [0.2, 0.25) is 0 Å². The lowest BCUT2D eigenvalue weighted by atomic mass is 10.1. The topological polar surface area (TPSA) is 29.5 Å². The van der Waals surface area contributed by atoms with Gasteiger partial charge in [-0.2, -0.15) is 0 Å². The summed E-state index contributed by atoms with van der Waals surface area (Å²) in [4.78, 5) is 14.1. The van der Waals surface area contributed by atoms with Crippen LogP contribution in [0.4, 0.5) is 0 Å². The van der Waals surface area contributed by atoms with Gasteiger partial charge in [-0.1, -0.05) is 60.7 Å². The summed E-state index contributed by atoms with van der Waals surface area (Å²) in [5.74, 6) is -0.334. The molecular weight excluding hydrogens is 274 g/mol. The first-order valence-corrected chi connectivity index (χ1v) is 7.28. The SMILES string of the molecule is CN(C)CC(OC(=O)C=Cc1ccccc1)c1ccccc1. The second-order valence-corrected chi connectivity index (χ2v) is 5.34. The Hall–Kier alpha value is -2.39. The Kier molecular flexibility index (Phi) is 5.92. The molecule has 0 aliphatic heterocycles. The molecule has 0 N–H and O–H groups in total. The van der Waals surface area contributed by atoms with E-state index in [0.29, 0.717) is 6.54 Å². The van der Waals surface area contributed by atoms with Crippen LogP contribution in [0.2, 0.25) is 0 Å². The van der Waals surface area contributed by atoms with Crippen LogP contribution in [0.3, 0.4) is 0 Å². The average Bonchev–Trinajstić information content (AvgIpc) is 2.54. The van der Waals surface area contributed by atoms with Crippen LogP contribution in [-0.2, 0) is 9.53 Å². The van der Waals surface area contributed by atoms with Gasteiger partial charge in [-0.25, -0.2) is 4.79 Å². The zero-order valence-corrected chi connectivity index (χ0v) is 13.0. The minimum atomic E-state index is -0.334. The summed E-state index contributed by atoms with van der Waals surface area (Å²) in [6, 6.07) is 19.5. The summed E-state index contributed by atoms with van der Waals surface area (Å²) >= 11 is 0. The van der Waals surface area contributed by atoms with Crippen LogP contribution < -0.4 is 0 Å². The van der Waals surface area contributed by atoms with Gasteiger partial charge in [-0.3, -0.25) is 0 Å². The van der Waals surface area contributed by atoms with E-state index in [-0.39, 0.29) is 12.1 Å². The quantitative estimate of drug-likeness (QED) is 0.603. The Balaban J connectivity index is 2.04. The van der Waals surface area contributed by atoms with E-state index in [1.165, 1.54) is 6.08 Å². The number of esters is 1. The molecular formula is C19H21NO2. The molecule has 0 aliphatic carbocycles. The Bertz CT molecular complexity index is 606. The van der Waals surface area contributed by atoms with E-state index in [1.807, 2.05) is 79.7 Å². The van der Waals surface area contributed by atoms with E-state index in [0.717, 1.165) is 11.1 Å². The molecule has 0 spiro atoms. The highest BCUT2D eigenvalue weighted by atomic mass is 16.5. The zero-order chi connectivity index (χ0) is 15.8. The van der Waals surface area contributed by atoms with Crippen molar-refractivity contribution in [2.75, 3.05) is 20.6 Å². The second-order valence-electron chi connectivity index (χ2n) is 5.34. The minimum absolute atomic E-state index is 0.274. The largest absolute Gasteiger partial charge is 0.453 e. The summed E-state index contributed by atoms with van der Waals surface area (Å²) in [5.41, 5.74) is 1.97. The molecule has 0 fully saturated rings. The molecule has 2 aromatic rings. The third-order valence-corrected chi connectivity index (χ3v) is 3.17. The maximum absolute atomic E-state index is 12.1. The number of hydrogen-bond acceptors (Lipinski definition) is 3. The van der Waals surface area contributed by atoms with Crippen LogP contribution in [0.1, 0.15) is 17.2 Å². The molecule has 1 unspecified atom stereocenters. The predicted octanol–water partition coefficient (Wildman–Crippen LogP) is 3.55. The summed E-state index contributed by atoms with van der Waals surface area (Å²) < 4.78 is 5.60. The third kappa shape index (κ3) is 5.19. The van der Waals surface area contributed by atoms with Gasteiger partial charge in [0.15, 0.2) is 0 Å². The molecule has 2 rings (SSSR count). The number of carbonyl (C=O) groups excluding carboxylic acids is 1. The highest BCUT2D eigenvalue weighted by molar-refractivity contribution is 5.87. The van der Waals surface area contributed by atoms with E-state index in [2.05, 4.69) is 0 Å². The van der Waals surface area contributed by atoms with Gasteiger partial charge in [0, 0.05) is 12.6 Å². The number of ether oxygens (including phenoxy) is 1. The number of likely N-dealkylation sites (N-methyl/N-ethyl adjacent to an activating group) is 1. The molecule has 1 atom stereocenters. The fourth-order valence-electron chi connectivity index (χ4n) is 2.12. The van der Waals surface area contributed by atoms with E-state index < -0.39 is 0 Å². The van der Waals surface area contributed by atoms with Crippen molar-refractivity contribution in [3.05, 3.63) is 77.9 Å². The molecule has 0 bridgehead atoms. The lowest BCUT2D eigenvalue weighted by Crippen LogP contribution is -2.23. The summed E-state index contributed by atoms with van der Waals surface area (Å²) in [6.45, 7) is 0.648. The van der Waals surface area contributed by atoms with Crippen molar-refractivity contribution in [3.8, 4) is 0 Å². The molecule has 0 radical (unpaired) electrons. The Morgan fingerprint density at radius 2 is 1.64 bits per heavy atom. The number of benzene rings is 2. The molecule has 0 saturated carbocycles. The molecule has 22 heavy (non-hydrogen) atoms. The Morgan fingerprint density at radius 3 is 2.23 bits per heavy atom. The van der Waals surface area contributed by atoms with Gasteiger partial charge in [0.25, 0.3) is 0 Å². The van der Waals surface area contributed by atoms with Gasteiger partial charge in [0.05, 0.1) is 0 Å². The first-order valence-electron chi connectivity index (χ1n) is 7.28. The van der Waals surface area contributed by atoms with Crippen LogP contribution in [-0.4, -0.2) is 31.5 Å². The summed E-state index contributed by atoms with van der Waals surface area (Å²) in [7, 11) is 3.92. The van der Waals surface area contributed by atoms with Crippen molar-refractivity contribution in [1.29, 1.82) is 0 Å². The molecule has 3 heteroatoms. The first kappa shape index (κ1) is 16.0. The van der Waals surface area contributed by atoms with Crippen molar-refractivity contribution in [1.82, 2.24) is 4.90 Å². The standard InChI is InChI=1S/C19H21NO2/c1-20(2)15-18(17-11-7-4-8-12-17)22-19(21)14-13-16-9-5-3-6-10-16/h3-14,18H,15H2,1-2H3. The molecule has 0 heterocycles. The van der Waals surface area contributed by atoms with Gasteiger partial charge in [-0.15, -0.1) is 0 Å². The molecule has 0 amide bonds. The lowest BCUT2D eigenvalue weighted by Gasteiger charge is -2.21. The smallest absolute Gasteiger partial charge is 0.331 e. The summed E-state index contributed by atoms with van der Waals surface area (Å²) in [5, 5.41) is 0. The average molecular weight is 295 g/mol. The Labute approximate surface area is 131 Å². The van der Waals surface area contributed by atoms with E-state index in [1.54, 1.807) is 6.08 Å². The number of carbonyl (C=O) groups is 1. The van der Waals surface area contributed by atoms with E-state index in [4.69, 9.17) is 4.74 Å². The fourth-order valence-corrected chi connectivity index (χ4v) is 2.12. The van der Waals surface area contributed by atoms with Crippen LogP contribution in [0.25, 0.3) is 6.08 Å². The van der Waals surface area contributed by atoms with Gasteiger partial charge in [0.1, 0.15) is 6.10 Å². The van der Waals surface area contributed by atoms with E-state index in [9.17, 15) is 4.79 Å². The normalized spacial score (nSPS) is 12.5. The Morgan fingerprint density at radius 1 is 1.05 bits per heavy atom. The van der Waals surface area contributed by atoms with Crippen LogP contribution in [0, 0.1) is 0 Å². The van der Waals surface area contributed by atoms with Crippen LogP contribution in [0.5, 0.6) is 0 Å². The molecule has 2 aromatic carbocycles. The van der Waals surface area contributed by atoms with Crippen molar-refractivity contribution in [3.63, 3.8) is 0 Å². The van der Waals surface area contributed by atoms with Crippen LogP contribution in [0.15, 0.2) is 66.7 Å². The molecule has 3 nitrogen and oxygen atoms in total. The number of rotatable bonds is 6. The maximum atomic E-state index is 12.1. The fraction of sp³-hybridized carbons (Fsp3) is 0.211. The number of nitrogens with zero attached hydrogens (tertiary/aromatic N) is 1. The van der Waals surface area contributed by atoms with Crippen molar-refractivity contribution >= 4 is 12.0 Å². The summed E-state index contributed by atoms with van der Waals surface area (Å²) in [6.07, 6.45) is 2.96. The molecule has 0 aromatic heterocycles. The third-order valence-electron chi connectivity index (χ3n) is 3.17. The zero-order valence-electron chi connectivity index (χ0n) is 13.0. The van der Waals surface area contributed by atoms with E-state index >= 15 is 0 Å². The highest BCUT2D eigenvalue weighted by Crippen LogP contribution is 2.18. The minimum Gasteiger partial charge on any atom is -0.453 e. The molecule has 114 valence electrons. The van der Waals surface area contributed by atoms with Crippen molar-refractivity contribution in [2.24, 2.45) is 0 Å². The second kappa shape index (κ2) is 8.15. The van der Waals surface area contributed by atoms with Crippen molar-refractivity contribution in [2.45, 2.75) is 6.10 Å². The number of hydrogen-bond donors (Lipinski definition) is 0. The maximum Gasteiger partial charge on any atom is 0.331 e. The highest BCUT2D eigenvalue weighted by Gasteiger charge is 2.16. The van der Waals surface area contributed by atoms with Gasteiger partial charge < -0.3 is 9.64 Å². The molecule has 0 saturated heterocycles. The molecule has 0 aliphatic rings. The van der Waals surface area contributed by atoms with Gasteiger partial charge >= 0.3 is 5.97 Å². The first-order chi connectivity index (χ1) is 10.6. The monoisotopic (exact) mass is 295 g/mol.